The van der Waals surface area contributed by atoms with Gasteiger partial charge in [0, 0.05) is 0 Å². The molecule has 0 aliphatic heterocycles. The molecule has 0 heterocycles. The number of carbonyl (C=O) groups is 1. The summed E-state index contributed by atoms with van der Waals surface area (Å²) in [6.45, 7) is 6.70. The minimum absolute atomic E-state index is 0.00122. The summed E-state index contributed by atoms with van der Waals surface area (Å²) in [6.07, 6.45) is -0.265. The lowest BCUT2D eigenvalue weighted by Crippen LogP contribution is -2.09. The van der Waals surface area contributed by atoms with Crippen LogP contribution in [-0.4, -0.2) is 32.0 Å². The third-order valence-electron chi connectivity index (χ3n) is 1.91. The van der Waals surface area contributed by atoms with Crippen LogP contribution in [0.5, 0.6) is 0 Å². The molecule has 0 aliphatic rings. The van der Waals surface area contributed by atoms with Crippen LogP contribution >= 0.6 is 7.60 Å². The number of rotatable bonds is 8. The standard InChI is InChI=1S/C11H20FO5P/c1-5-15-11(13)10(12)9(4)8-18(14,16-6-2)17-7-3/h5-8H2,1-4H3/b10-9+. The topological polar surface area (TPSA) is 61.8 Å². The first-order valence-electron chi connectivity index (χ1n) is 5.80. The maximum atomic E-state index is 13.6. The minimum Gasteiger partial charge on any atom is -0.461 e. The molecule has 0 aliphatic carbocycles. The van der Waals surface area contributed by atoms with E-state index in [1.807, 2.05) is 0 Å². The van der Waals surface area contributed by atoms with E-state index >= 15 is 0 Å². The molecule has 0 unspecified atom stereocenters. The first-order chi connectivity index (χ1) is 8.40. The van der Waals surface area contributed by atoms with Gasteiger partial charge in [-0.2, -0.15) is 4.39 Å². The van der Waals surface area contributed by atoms with Crippen molar-refractivity contribution in [3.8, 4) is 0 Å². The Morgan fingerprint density at radius 2 is 1.61 bits per heavy atom. The first kappa shape index (κ1) is 17.3. The Bertz CT molecular complexity index is 343. The highest BCUT2D eigenvalue weighted by molar-refractivity contribution is 7.54. The largest absolute Gasteiger partial charge is 0.461 e. The van der Waals surface area contributed by atoms with Gasteiger partial charge in [-0.1, -0.05) is 0 Å². The van der Waals surface area contributed by atoms with E-state index < -0.39 is 19.4 Å². The third kappa shape index (κ3) is 5.76. The predicted molar refractivity (Wildman–Crippen MR) is 66.2 cm³/mol. The number of hydrogen-bond acceptors (Lipinski definition) is 5. The number of allylic oxidation sites excluding steroid dienone is 1. The molecular formula is C11H20FO5P. The molecule has 0 atom stereocenters. The lowest BCUT2D eigenvalue weighted by atomic mass is 10.3. The quantitative estimate of drug-likeness (QED) is 0.389. The van der Waals surface area contributed by atoms with E-state index in [-0.39, 0.29) is 31.6 Å². The fourth-order valence-corrected chi connectivity index (χ4v) is 3.01. The highest BCUT2D eigenvalue weighted by Crippen LogP contribution is 2.49. The van der Waals surface area contributed by atoms with E-state index in [1.165, 1.54) is 6.92 Å². The predicted octanol–water partition coefficient (Wildman–Crippen LogP) is 3.06. The van der Waals surface area contributed by atoms with Crippen LogP contribution < -0.4 is 0 Å². The Kier molecular flexibility index (Phi) is 8.07. The van der Waals surface area contributed by atoms with Crippen molar-refractivity contribution in [2.45, 2.75) is 27.7 Å². The molecule has 0 rings (SSSR count). The molecule has 0 radical (unpaired) electrons. The smallest absolute Gasteiger partial charge is 0.367 e. The highest BCUT2D eigenvalue weighted by Gasteiger charge is 2.27. The summed E-state index contributed by atoms with van der Waals surface area (Å²) in [5.74, 6) is -2.11. The molecule has 5 nitrogen and oxygen atoms in total. The fourth-order valence-electron chi connectivity index (χ4n) is 1.25. The molecule has 0 N–H and O–H groups in total. The number of ether oxygens (including phenoxy) is 1. The van der Waals surface area contributed by atoms with Crippen molar-refractivity contribution in [1.82, 2.24) is 0 Å². The zero-order valence-electron chi connectivity index (χ0n) is 11.2. The van der Waals surface area contributed by atoms with Gasteiger partial charge in [0.1, 0.15) is 0 Å². The van der Waals surface area contributed by atoms with Crippen molar-refractivity contribution in [3.05, 3.63) is 11.4 Å². The average molecular weight is 282 g/mol. The van der Waals surface area contributed by atoms with Crippen molar-refractivity contribution in [3.63, 3.8) is 0 Å². The van der Waals surface area contributed by atoms with Crippen LogP contribution in [0.25, 0.3) is 0 Å². The molecule has 0 aromatic carbocycles. The summed E-state index contributed by atoms with van der Waals surface area (Å²) in [6, 6.07) is 0. The van der Waals surface area contributed by atoms with Gasteiger partial charge < -0.3 is 13.8 Å². The Labute approximate surface area is 107 Å². The first-order valence-corrected chi connectivity index (χ1v) is 7.53. The van der Waals surface area contributed by atoms with E-state index in [1.54, 1.807) is 20.8 Å². The molecule has 0 saturated carbocycles. The van der Waals surface area contributed by atoms with Crippen molar-refractivity contribution < 1.29 is 27.5 Å². The summed E-state index contributed by atoms with van der Waals surface area (Å²) in [5, 5.41) is 0. The fraction of sp³-hybridized carbons (Fsp3) is 0.727. The second-order valence-electron chi connectivity index (χ2n) is 3.42. The van der Waals surface area contributed by atoms with Crippen LogP contribution in [0.4, 0.5) is 4.39 Å². The molecule has 0 aromatic heterocycles. The van der Waals surface area contributed by atoms with Gasteiger partial charge in [0.2, 0.25) is 5.83 Å². The SMILES string of the molecule is CCOC(=O)/C(F)=C(/C)CP(=O)(OCC)OCC. The normalized spacial score (nSPS) is 13.2. The highest BCUT2D eigenvalue weighted by atomic mass is 31.2. The van der Waals surface area contributed by atoms with Crippen LogP contribution in [0.3, 0.4) is 0 Å². The summed E-state index contributed by atoms with van der Waals surface area (Å²) < 4.78 is 40.2. The molecule has 0 spiro atoms. The molecule has 18 heavy (non-hydrogen) atoms. The van der Waals surface area contributed by atoms with Gasteiger partial charge >= 0.3 is 13.6 Å². The van der Waals surface area contributed by atoms with Gasteiger partial charge in [0.25, 0.3) is 0 Å². The number of esters is 1. The average Bonchev–Trinajstić information content (AvgIpc) is 2.28. The summed E-state index contributed by atoms with van der Waals surface area (Å²) in [5.41, 5.74) is -0.00122. The molecular weight excluding hydrogens is 262 g/mol. The Hall–Kier alpha value is -0.710. The van der Waals surface area contributed by atoms with Gasteiger partial charge in [0.05, 0.1) is 26.0 Å². The minimum atomic E-state index is -3.39. The third-order valence-corrected chi connectivity index (χ3v) is 4.08. The maximum Gasteiger partial charge on any atom is 0.367 e. The van der Waals surface area contributed by atoms with Gasteiger partial charge in [-0.05, 0) is 33.3 Å². The zero-order valence-corrected chi connectivity index (χ0v) is 12.1. The molecule has 106 valence electrons. The van der Waals surface area contributed by atoms with Crippen molar-refractivity contribution >= 4 is 13.6 Å². The molecule has 7 heteroatoms. The summed E-state index contributed by atoms with van der Waals surface area (Å²) in [4.78, 5) is 11.2. The van der Waals surface area contributed by atoms with Gasteiger partial charge in [0.15, 0.2) is 0 Å². The van der Waals surface area contributed by atoms with Crippen LogP contribution in [0.1, 0.15) is 27.7 Å². The van der Waals surface area contributed by atoms with E-state index in [4.69, 9.17) is 9.05 Å². The van der Waals surface area contributed by atoms with Crippen LogP contribution in [0.15, 0.2) is 11.4 Å². The van der Waals surface area contributed by atoms with Crippen molar-refractivity contribution in [1.29, 1.82) is 0 Å². The molecule has 0 saturated heterocycles. The Morgan fingerprint density at radius 3 is 2.00 bits per heavy atom. The van der Waals surface area contributed by atoms with E-state index in [0.717, 1.165) is 0 Å². The second-order valence-corrected chi connectivity index (χ2v) is 5.47. The maximum absolute atomic E-state index is 13.6. The number of carbonyl (C=O) groups excluding carboxylic acids is 1. The van der Waals surface area contributed by atoms with Gasteiger partial charge in [-0.3, -0.25) is 4.57 Å². The van der Waals surface area contributed by atoms with Crippen molar-refractivity contribution in [2.75, 3.05) is 26.0 Å². The van der Waals surface area contributed by atoms with Crippen LogP contribution in [0.2, 0.25) is 0 Å². The van der Waals surface area contributed by atoms with Crippen LogP contribution in [-0.2, 0) is 23.1 Å². The van der Waals surface area contributed by atoms with Crippen molar-refractivity contribution in [2.24, 2.45) is 0 Å². The van der Waals surface area contributed by atoms with Gasteiger partial charge in [-0.15, -0.1) is 0 Å². The Balaban J connectivity index is 4.87. The lowest BCUT2D eigenvalue weighted by molar-refractivity contribution is -0.140. The number of halogens is 1. The monoisotopic (exact) mass is 282 g/mol. The molecule has 0 aromatic rings. The molecule has 0 bridgehead atoms. The number of hydrogen-bond donors (Lipinski definition) is 0. The van der Waals surface area contributed by atoms with Gasteiger partial charge in [-0.25, -0.2) is 4.79 Å². The Morgan fingerprint density at radius 1 is 1.11 bits per heavy atom. The zero-order chi connectivity index (χ0) is 14.2. The molecule has 0 fully saturated rings. The summed E-state index contributed by atoms with van der Waals surface area (Å²) >= 11 is 0. The lowest BCUT2D eigenvalue weighted by Gasteiger charge is -2.17. The van der Waals surface area contributed by atoms with E-state index in [2.05, 4.69) is 4.74 Å². The van der Waals surface area contributed by atoms with E-state index in [0.29, 0.717) is 0 Å². The molecule has 0 amide bonds. The van der Waals surface area contributed by atoms with E-state index in [9.17, 15) is 13.8 Å². The summed E-state index contributed by atoms with van der Waals surface area (Å²) in [7, 11) is -3.39. The second kappa shape index (κ2) is 8.40. The van der Waals surface area contributed by atoms with Crippen LogP contribution in [0, 0.1) is 0 Å².